The first-order chi connectivity index (χ1) is 19.3. The first-order valence-electron chi connectivity index (χ1n) is 13.1. The van der Waals surface area contributed by atoms with Crippen LogP contribution in [0.2, 0.25) is 0 Å². The molecule has 0 radical (unpaired) electrons. The maximum Gasteiger partial charge on any atom is 0.417 e. The van der Waals surface area contributed by atoms with E-state index >= 15 is 0 Å². The average molecular weight is 568 g/mol. The third-order valence-corrected chi connectivity index (χ3v) is 5.96. The standard InChI is InChI=1S/C31H32F3N3O4/c1-6-39-26-17-22(15-16-24(26)23-9-7-8-10-25(23)31(32,33)34)29-35-28(36-41-29)21-13-11-20(12-14-21)18-37(5)19-27(38)40-30(2,3)4/h7-17H,6,18-19H2,1-5H3. The van der Waals surface area contributed by atoms with Gasteiger partial charge in [-0.05, 0) is 70.1 Å². The molecule has 0 unspecified atom stereocenters. The summed E-state index contributed by atoms with van der Waals surface area (Å²) in [4.78, 5) is 18.4. The van der Waals surface area contributed by atoms with E-state index in [0.29, 0.717) is 23.5 Å². The second-order valence-electron chi connectivity index (χ2n) is 10.6. The topological polar surface area (TPSA) is 77.7 Å². The van der Waals surface area contributed by atoms with E-state index < -0.39 is 17.3 Å². The average Bonchev–Trinajstić information content (AvgIpc) is 3.38. The molecule has 1 heterocycles. The van der Waals surface area contributed by atoms with Crippen LogP contribution in [0.15, 0.2) is 71.3 Å². The van der Waals surface area contributed by atoms with E-state index in [0.717, 1.165) is 17.2 Å². The number of carbonyl (C=O) groups excluding carboxylic acids is 1. The van der Waals surface area contributed by atoms with Crippen molar-refractivity contribution in [1.29, 1.82) is 0 Å². The lowest BCUT2D eigenvalue weighted by Crippen LogP contribution is -2.32. The van der Waals surface area contributed by atoms with Crippen molar-refractivity contribution in [3.63, 3.8) is 0 Å². The molecule has 1 aromatic heterocycles. The van der Waals surface area contributed by atoms with Crippen molar-refractivity contribution >= 4 is 5.97 Å². The van der Waals surface area contributed by atoms with Crippen molar-refractivity contribution in [3.05, 3.63) is 77.9 Å². The van der Waals surface area contributed by atoms with Gasteiger partial charge in [0.25, 0.3) is 5.89 Å². The Kier molecular flexibility index (Phi) is 8.82. The summed E-state index contributed by atoms with van der Waals surface area (Å²) in [5, 5.41) is 4.08. The van der Waals surface area contributed by atoms with Crippen LogP contribution in [0.1, 0.15) is 38.8 Å². The lowest BCUT2D eigenvalue weighted by molar-refractivity contribution is -0.155. The highest BCUT2D eigenvalue weighted by Crippen LogP contribution is 2.41. The SMILES string of the molecule is CCOc1cc(-c2nc(-c3ccc(CN(C)CC(=O)OC(C)(C)C)cc3)no2)ccc1-c1ccccc1C(F)(F)F. The summed E-state index contributed by atoms with van der Waals surface area (Å²) in [5.74, 6) is 0.554. The van der Waals surface area contributed by atoms with Gasteiger partial charge < -0.3 is 14.0 Å². The molecule has 0 atom stereocenters. The number of carbonyl (C=O) groups is 1. The van der Waals surface area contributed by atoms with Crippen LogP contribution in [0, 0.1) is 0 Å². The molecule has 3 aromatic carbocycles. The molecule has 0 spiro atoms. The van der Waals surface area contributed by atoms with E-state index in [9.17, 15) is 18.0 Å². The Labute approximate surface area is 236 Å². The normalized spacial score (nSPS) is 12.0. The van der Waals surface area contributed by atoms with Gasteiger partial charge in [-0.25, -0.2) is 0 Å². The number of nitrogens with zero attached hydrogens (tertiary/aromatic N) is 3. The highest BCUT2D eigenvalue weighted by atomic mass is 19.4. The van der Waals surface area contributed by atoms with E-state index in [-0.39, 0.29) is 36.3 Å². The van der Waals surface area contributed by atoms with Gasteiger partial charge in [-0.2, -0.15) is 18.2 Å². The van der Waals surface area contributed by atoms with Crippen LogP contribution in [0.3, 0.4) is 0 Å². The Balaban J connectivity index is 1.51. The zero-order valence-corrected chi connectivity index (χ0v) is 23.6. The van der Waals surface area contributed by atoms with Gasteiger partial charge >= 0.3 is 12.1 Å². The van der Waals surface area contributed by atoms with Crippen LogP contribution in [0.5, 0.6) is 5.75 Å². The van der Waals surface area contributed by atoms with Gasteiger partial charge in [-0.3, -0.25) is 9.69 Å². The molecule has 0 amide bonds. The third kappa shape index (κ3) is 7.73. The number of ether oxygens (including phenoxy) is 2. The third-order valence-electron chi connectivity index (χ3n) is 5.96. The molecule has 0 saturated carbocycles. The minimum Gasteiger partial charge on any atom is -0.493 e. The number of halogens is 3. The van der Waals surface area contributed by atoms with E-state index in [2.05, 4.69) is 10.1 Å². The molecule has 4 rings (SSSR count). The van der Waals surface area contributed by atoms with Gasteiger partial charge in [0.05, 0.1) is 18.7 Å². The van der Waals surface area contributed by atoms with Crippen molar-refractivity contribution in [3.8, 4) is 39.7 Å². The molecule has 0 aliphatic carbocycles. The maximum absolute atomic E-state index is 13.7. The summed E-state index contributed by atoms with van der Waals surface area (Å²) >= 11 is 0. The molecule has 10 heteroatoms. The monoisotopic (exact) mass is 567 g/mol. The molecule has 0 N–H and O–H groups in total. The first kappa shape index (κ1) is 29.8. The van der Waals surface area contributed by atoms with Crippen LogP contribution in [0.25, 0.3) is 34.0 Å². The number of likely N-dealkylation sites (N-methyl/N-ethyl adjacent to an activating group) is 1. The highest BCUT2D eigenvalue weighted by Gasteiger charge is 2.34. The Morgan fingerprint density at radius 3 is 2.29 bits per heavy atom. The quantitative estimate of drug-likeness (QED) is 0.197. The van der Waals surface area contributed by atoms with Gasteiger partial charge in [0, 0.05) is 23.2 Å². The number of esters is 1. The predicted octanol–water partition coefficient (Wildman–Crippen LogP) is 7.26. The van der Waals surface area contributed by atoms with E-state index in [1.54, 1.807) is 31.2 Å². The van der Waals surface area contributed by atoms with Gasteiger partial charge in [0.2, 0.25) is 5.82 Å². The number of rotatable bonds is 9. The smallest absolute Gasteiger partial charge is 0.417 e. The summed E-state index contributed by atoms with van der Waals surface area (Å²) < 4.78 is 57.5. The lowest BCUT2D eigenvalue weighted by Gasteiger charge is -2.22. The Morgan fingerprint density at radius 2 is 1.63 bits per heavy atom. The molecule has 4 aromatic rings. The number of hydrogen-bond donors (Lipinski definition) is 0. The molecule has 0 bridgehead atoms. The van der Waals surface area contributed by atoms with Gasteiger partial charge in [0.1, 0.15) is 11.4 Å². The molecule has 0 aliphatic heterocycles. The van der Waals surface area contributed by atoms with E-state index in [1.165, 1.54) is 12.1 Å². The fraction of sp³-hybridized carbons (Fsp3) is 0.323. The summed E-state index contributed by atoms with van der Waals surface area (Å²) in [6.45, 7) is 8.22. The second kappa shape index (κ2) is 12.1. The van der Waals surface area contributed by atoms with Crippen LogP contribution in [-0.4, -0.2) is 46.8 Å². The zero-order chi connectivity index (χ0) is 29.8. The second-order valence-corrected chi connectivity index (χ2v) is 10.6. The molecule has 41 heavy (non-hydrogen) atoms. The number of benzene rings is 3. The summed E-state index contributed by atoms with van der Waals surface area (Å²) in [6.07, 6.45) is -4.51. The molecule has 0 aliphatic rings. The fourth-order valence-corrected chi connectivity index (χ4v) is 4.30. The number of aromatic nitrogens is 2. The van der Waals surface area contributed by atoms with Crippen LogP contribution >= 0.6 is 0 Å². The van der Waals surface area contributed by atoms with Crippen molar-refractivity contribution < 1.29 is 32.0 Å². The maximum atomic E-state index is 13.7. The van der Waals surface area contributed by atoms with Crippen LogP contribution in [0.4, 0.5) is 13.2 Å². The minimum atomic E-state index is -4.51. The molecule has 216 valence electrons. The zero-order valence-electron chi connectivity index (χ0n) is 23.6. The predicted molar refractivity (Wildman–Crippen MR) is 149 cm³/mol. The molecule has 0 saturated heterocycles. The van der Waals surface area contributed by atoms with Gasteiger partial charge in [-0.1, -0.05) is 47.6 Å². The van der Waals surface area contributed by atoms with Crippen molar-refractivity contribution in [2.45, 2.75) is 46.0 Å². The number of alkyl halides is 3. The largest absolute Gasteiger partial charge is 0.493 e. The van der Waals surface area contributed by atoms with Crippen LogP contribution < -0.4 is 4.74 Å². The summed E-state index contributed by atoms with van der Waals surface area (Å²) in [6, 6.07) is 17.7. The number of hydrogen-bond acceptors (Lipinski definition) is 7. The van der Waals surface area contributed by atoms with E-state index in [4.69, 9.17) is 14.0 Å². The highest BCUT2D eigenvalue weighted by molar-refractivity contribution is 5.77. The van der Waals surface area contributed by atoms with Crippen LogP contribution in [-0.2, 0) is 22.3 Å². The molecular weight excluding hydrogens is 535 g/mol. The van der Waals surface area contributed by atoms with Gasteiger partial charge in [0.15, 0.2) is 0 Å². The lowest BCUT2D eigenvalue weighted by atomic mass is 9.97. The van der Waals surface area contributed by atoms with E-state index in [1.807, 2.05) is 57.0 Å². The van der Waals surface area contributed by atoms with Crippen molar-refractivity contribution in [2.75, 3.05) is 20.2 Å². The summed E-state index contributed by atoms with van der Waals surface area (Å²) in [7, 11) is 1.84. The Bertz CT molecular complexity index is 1490. The molecule has 0 fully saturated rings. The molecule has 7 nitrogen and oxygen atoms in total. The van der Waals surface area contributed by atoms with Crippen molar-refractivity contribution in [1.82, 2.24) is 15.0 Å². The fourth-order valence-electron chi connectivity index (χ4n) is 4.30. The minimum absolute atomic E-state index is 0.0260. The van der Waals surface area contributed by atoms with Crippen molar-refractivity contribution in [2.24, 2.45) is 0 Å². The molecular formula is C31H32F3N3O4. The Hall–Kier alpha value is -4.18. The Morgan fingerprint density at radius 1 is 0.951 bits per heavy atom. The van der Waals surface area contributed by atoms with Gasteiger partial charge in [-0.15, -0.1) is 0 Å². The summed E-state index contributed by atoms with van der Waals surface area (Å²) in [5.41, 5.74) is 1.29. The first-order valence-corrected chi connectivity index (χ1v) is 13.1.